The van der Waals surface area contributed by atoms with Gasteiger partial charge in [-0.1, -0.05) is 95.1 Å². The Hall–Kier alpha value is -1.59. The van der Waals surface area contributed by atoms with Gasteiger partial charge in [0.1, 0.15) is 21.1 Å². The van der Waals surface area contributed by atoms with Gasteiger partial charge in [0.05, 0.1) is 16.8 Å². The third-order valence-electron chi connectivity index (χ3n) is 11.4. The van der Waals surface area contributed by atoms with E-state index in [0.29, 0.717) is 39.9 Å². The minimum Gasteiger partial charge on any atom is -0.543 e. The van der Waals surface area contributed by atoms with E-state index >= 15 is 4.39 Å². The third-order valence-corrected chi connectivity index (χ3v) is 20.8. The van der Waals surface area contributed by atoms with Gasteiger partial charge >= 0.3 is 7.12 Å². The van der Waals surface area contributed by atoms with Crippen LogP contribution in [0.2, 0.25) is 21.7 Å². The average Bonchev–Trinajstić information content (AvgIpc) is 3.10. The largest absolute Gasteiger partial charge is 0.543 e. The first-order valence-corrected chi connectivity index (χ1v) is 20.5. The predicted octanol–water partition coefficient (Wildman–Crippen LogP) is 9.44. The van der Waals surface area contributed by atoms with E-state index in [0.717, 1.165) is 22.0 Å². The van der Waals surface area contributed by atoms with Crippen LogP contribution in [0.4, 0.5) is 4.39 Å². The molecule has 1 aliphatic heterocycles. The van der Waals surface area contributed by atoms with E-state index in [1.54, 1.807) is 6.07 Å². The summed E-state index contributed by atoms with van der Waals surface area (Å²) in [5, 5.41) is 1.84. The molecule has 0 amide bonds. The summed E-state index contributed by atoms with van der Waals surface area (Å²) >= 11 is 0. The third kappa shape index (κ3) is 6.48. The molecule has 0 aliphatic carbocycles. The smallest absolute Gasteiger partial charge is 0.495 e. The zero-order valence-corrected chi connectivity index (χ0v) is 33.1. The highest BCUT2D eigenvalue weighted by Gasteiger charge is 2.53. The van der Waals surface area contributed by atoms with Gasteiger partial charge in [-0.15, -0.1) is 5.54 Å². The highest BCUT2D eigenvalue weighted by atomic mass is 28.4. The molecule has 0 radical (unpaired) electrons. The van der Waals surface area contributed by atoms with Crippen molar-refractivity contribution in [3.8, 4) is 17.2 Å². The summed E-state index contributed by atoms with van der Waals surface area (Å²) in [6, 6.07) is 7.56. The molecule has 1 aliphatic rings. The maximum Gasteiger partial charge on any atom is 0.495 e. The summed E-state index contributed by atoms with van der Waals surface area (Å²) in [6.45, 7) is 35.9. The lowest BCUT2D eigenvalue weighted by molar-refractivity contribution is 0.00578. The first kappa shape index (κ1) is 36.9. The van der Waals surface area contributed by atoms with Crippen LogP contribution in [0.3, 0.4) is 0 Å². The lowest BCUT2D eigenvalue weighted by Gasteiger charge is -2.44. The normalized spacial score (nSPS) is 17.4. The van der Waals surface area contributed by atoms with Crippen molar-refractivity contribution in [1.29, 1.82) is 0 Å². The molecule has 2 aromatic rings. The second kappa shape index (κ2) is 13.3. The average molecular weight is 639 g/mol. The SMILES string of the molecule is CC(C)C([SiH2]C#Cc1c(F)ccc2cc(O[Si](C(C)C)(C(C)C)C(C)C)cc(B3OC(C)(C)C(C)(C)O3)c12)(C(C)C)C(C)C. The van der Waals surface area contributed by atoms with Crippen LogP contribution in [0.25, 0.3) is 10.8 Å². The van der Waals surface area contributed by atoms with Crippen molar-refractivity contribution < 1.29 is 18.1 Å². The van der Waals surface area contributed by atoms with Crippen LogP contribution in [0, 0.1) is 35.0 Å². The molecule has 7 heteroatoms. The molecule has 44 heavy (non-hydrogen) atoms. The number of hydrogen-bond acceptors (Lipinski definition) is 3. The Balaban J connectivity index is 2.32. The Morgan fingerprint density at radius 2 is 1.27 bits per heavy atom. The fourth-order valence-electron chi connectivity index (χ4n) is 8.24. The number of rotatable bonds is 10. The molecular weight excluding hydrogens is 578 g/mol. The van der Waals surface area contributed by atoms with Crippen molar-refractivity contribution in [3.05, 3.63) is 35.6 Å². The molecule has 2 aromatic carbocycles. The van der Waals surface area contributed by atoms with Gasteiger partial charge in [-0.05, 0) is 96.2 Å². The van der Waals surface area contributed by atoms with Crippen molar-refractivity contribution in [3.63, 3.8) is 0 Å². The molecule has 0 N–H and O–H groups in total. The van der Waals surface area contributed by atoms with Gasteiger partial charge < -0.3 is 13.7 Å². The van der Waals surface area contributed by atoms with E-state index in [4.69, 9.17) is 13.7 Å². The van der Waals surface area contributed by atoms with Crippen LogP contribution in [0.5, 0.6) is 5.75 Å². The first-order valence-electron chi connectivity index (χ1n) is 16.9. The van der Waals surface area contributed by atoms with Gasteiger partial charge in [0, 0.05) is 5.39 Å². The topological polar surface area (TPSA) is 27.7 Å². The van der Waals surface area contributed by atoms with Crippen molar-refractivity contribution in [1.82, 2.24) is 0 Å². The second-order valence-corrected chi connectivity index (χ2v) is 23.4. The quantitative estimate of drug-likeness (QED) is 0.192. The second-order valence-electron chi connectivity index (χ2n) is 16.1. The number of halogens is 1. The molecule has 0 bridgehead atoms. The molecule has 0 spiro atoms. The zero-order valence-electron chi connectivity index (χ0n) is 30.7. The number of benzene rings is 2. The van der Waals surface area contributed by atoms with Crippen molar-refractivity contribution in [2.75, 3.05) is 0 Å². The van der Waals surface area contributed by atoms with Gasteiger partial charge in [-0.2, -0.15) is 0 Å². The Kier molecular flexibility index (Phi) is 11.1. The van der Waals surface area contributed by atoms with E-state index in [1.807, 2.05) is 6.07 Å². The standard InChI is InChI=1S/C37H60BFO3Si2/c1-23(2)37(24(3)4,25(5)6)43-20-19-31-33(39)18-17-29-21-30(40-44(26(7)8,27(9)10)28(11)12)22-32(34(29)31)38-41-35(13,14)36(15,16)42-38/h17-18,21-28H,43H2,1-16H3. The monoisotopic (exact) mass is 638 g/mol. The highest BCUT2D eigenvalue weighted by Crippen LogP contribution is 2.49. The molecule has 1 heterocycles. The number of fused-ring (bicyclic) bond motifs is 1. The molecular formula is C37H60BFO3Si2. The van der Waals surface area contributed by atoms with Crippen LogP contribution >= 0.6 is 0 Å². The summed E-state index contributed by atoms with van der Waals surface area (Å²) in [5.41, 5.74) is 5.03. The molecule has 0 unspecified atom stereocenters. The molecule has 244 valence electrons. The molecule has 3 nitrogen and oxygen atoms in total. The van der Waals surface area contributed by atoms with Gasteiger partial charge in [-0.25, -0.2) is 4.39 Å². The molecule has 0 atom stereocenters. The van der Waals surface area contributed by atoms with Crippen LogP contribution in [0.1, 0.15) is 116 Å². The summed E-state index contributed by atoms with van der Waals surface area (Å²) in [5.74, 6) is 5.43. The summed E-state index contributed by atoms with van der Waals surface area (Å²) in [4.78, 5) is 0. The Labute approximate surface area is 272 Å². The fourth-order valence-corrected chi connectivity index (χ4v) is 15.3. The lowest BCUT2D eigenvalue weighted by atomic mass is 9.75. The number of hydrogen-bond donors (Lipinski definition) is 0. The van der Waals surface area contributed by atoms with Crippen LogP contribution in [-0.4, -0.2) is 36.2 Å². The predicted molar refractivity (Wildman–Crippen MR) is 194 cm³/mol. The summed E-state index contributed by atoms with van der Waals surface area (Å²) < 4.78 is 36.3. The van der Waals surface area contributed by atoms with E-state index in [-0.39, 0.29) is 10.9 Å². The summed E-state index contributed by atoms with van der Waals surface area (Å²) in [6.07, 6.45) is 0. The fraction of sp³-hybridized carbons (Fsp3) is 0.676. The molecule has 1 saturated heterocycles. The van der Waals surface area contributed by atoms with Gasteiger partial charge in [0.25, 0.3) is 8.32 Å². The van der Waals surface area contributed by atoms with Crippen molar-refractivity contribution in [2.45, 2.75) is 144 Å². The van der Waals surface area contributed by atoms with Crippen molar-refractivity contribution in [2.24, 2.45) is 17.8 Å². The van der Waals surface area contributed by atoms with E-state index in [2.05, 4.69) is 134 Å². The lowest BCUT2D eigenvalue weighted by Crippen LogP contribution is -2.51. The Bertz CT molecular complexity index is 1330. The first-order chi connectivity index (χ1) is 20.2. The molecule has 3 rings (SSSR count). The van der Waals surface area contributed by atoms with E-state index < -0.39 is 36.2 Å². The van der Waals surface area contributed by atoms with Crippen LogP contribution < -0.4 is 9.89 Å². The van der Waals surface area contributed by atoms with Crippen molar-refractivity contribution >= 4 is 41.2 Å². The van der Waals surface area contributed by atoms with Gasteiger partial charge in [0.2, 0.25) is 0 Å². The minimum absolute atomic E-state index is 0.169. The van der Waals surface area contributed by atoms with E-state index in [1.165, 1.54) is 0 Å². The molecule has 0 saturated carbocycles. The zero-order chi connectivity index (χ0) is 33.6. The van der Waals surface area contributed by atoms with Crippen LogP contribution in [-0.2, 0) is 9.31 Å². The Morgan fingerprint density at radius 1 is 0.795 bits per heavy atom. The summed E-state index contributed by atoms with van der Waals surface area (Å²) in [7, 11) is -3.80. The Morgan fingerprint density at radius 3 is 1.70 bits per heavy atom. The van der Waals surface area contributed by atoms with Crippen LogP contribution in [0.15, 0.2) is 24.3 Å². The highest BCUT2D eigenvalue weighted by molar-refractivity contribution is 6.78. The minimum atomic E-state index is -2.25. The van der Waals surface area contributed by atoms with E-state index in [9.17, 15) is 0 Å². The van der Waals surface area contributed by atoms with Gasteiger partial charge in [-0.3, -0.25) is 0 Å². The maximum atomic E-state index is 15.9. The molecule has 0 aromatic heterocycles. The van der Waals surface area contributed by atoms with Gasteiger partial charge in [0.15, 0.2) is 0 Å². The molecule has 1 fully saturated rings. The maximum absolute atomic E-state index is 15.9.